The van der Waals surface area contributed by atoms with E-state index in [2.05, 4.69) is 22.9 Å². The Labute approximate surface area is 172 Å². The molecule has 0 aliphatic rings. The van der Waals surface area contributed by atoms with Crippen LogP contribution in [0.25, 0.3) is 32.5 Å². The molecule has 1 N–H and O–H groups in total. The molecule has 0 aliphatic heterocycles. The van der Waals surface area contributed by atoms with Crippen LogP contribution in [0.5, 0.6) is 0 Å². The van der Waals surface area contributed by atoms with Crippen molar-refractivity contribution < 1.29 is 4.79 Å². The summed E-state index contributed by atoms with van der Waals surface area (Å²) < 4.78 is 2.19. The Morgan fingerprint density at radius 3 is 2.66 bits per heavy atom. The lowest BCUT2D eigenvalue weighted by Gasteiger charge is -2.07. The molecule has 29 heavy (non-hydrogen) atoms. The number of hydrogen-bond donors (Lipinski definition) is 1. The van der Waals surface area contributed by atoms with Gasteiger partial charge in [-0.2, -0.15) is 0 Å². The van der Waals surface area contributed by atoms with Crippen molar-refractivity contribution in [3.63, 3.8) is 0 Å². The number of carbonyl (C=O) groups excluding carboxylic acids is 1. The first kappa shape index (κ1) is 17.6. The highest BCUT2D eigenvalue weighted by atomic mass is 32.1. The van der Waals surface area contributed by atoms with Crippen molar-refractivity contribution >= 4 is 44.7 Å². The van der Waals surface area contributed by atoms with Crippen molar-refractivity contribution in [3.8, 4) is 10.7 Å². The van der Waals surface area contributed by atoms with E-state index in [4.69, 9.17) is 4.98 Å². The fourth-order valence-corrected chi connectivity index (χ4v) is 4.58. The standard InChI is InChI=1S/C24H19N3OS/c1-2-27-20-13-6-5-11-19(20)25-23(27)21-14-15-22(29-21)24(28)26-18-12-7-9-16-8-3-4-10-17(16)18/h3-15H,2H2,1H3,(H,26,28). The van der Waals surface area contributed by atoms with Crippen LogP contribution in [0.4, 0.5) is 5.69 Å². The SMILES string of the molecule is CCn1c(-c2ccc(C(=O)Nc3cccc4ccccc34)s2)nc2ccccc21. The zero-order chi connectivity index (χ0) is 19.8. The number of hydrogen-bond acceptors (Lipinski definition) is 3. The van der Waals surface area contributed by atoms with Gasteiger partial charge in [0.15, 0.2) is 5.82 Å². The van der Waals surface area contributed by atoms with E-state index in [0.29, 0.717) is 4.88 Å². The fourth-order valence-electron chi connectivity index (χ4n) is 3.68. The number of benzene rings is 3. The molecule has 5 rings (SSSR count). The quantitative estimate of drug-likeness (QED) is 0.393. The first-order valence-electron chi connectivity index (χ1n) is 9.59. The number of amides is 1. The molecule has 0 unspecified atom stereocenters. The topological polar surface area (TPSA) is 46.9 Å². The Bertz CT molecular complexity index is 1340. The largest absolute Gasteiger partial charge is 0.324 e. The van der Waals surface area contributed by atoms with Crippen LogP contribution in [-0.2, 0) is 6.54 Å². The summed E-state index contributed by atoms with van der Waals surface area (Å²) in [6.45, 7) is 2.94. The van der Waals surface area contributed by atoms with Crippen LogP contribution >= 0.6 is 11.3 Å². The second kappa shape index (κ2) is 7.18. The first-order valence-corrected chi connectivity index (χ1v) is 10.4. The second-order valence-corrected chi connectivity index (χ2v) is 7.90. The summed E-state index contributed by atoms with van der Waals surface area (Å²) in [6, 6.07) is 26.0. The van der Waals surface area contributed by atoms with Gasteiger partial charge in [-0.25, -0.2) is 4.98 Å². The zero-order valence-electron chi connectivity index (χ0n) is 15.9. The number of nitrogens with zero attached hydrogens (tertiary/aromatic N) is 2. The van der Waals surface area contributed by atoms with E-state index in [9.17, 15) is 4.79 Å². The van der Waals surface area contributed by atoms with Gasteiger partial charge in [-0.3, -0.25) is 4.79 Å². The molecule has 5 heteroatoms. The summed E-state index contributed by atoms with van der Waals surface area (Å²) in [4.78, 5) is 19.4. The summed E-state index contributed by atoms with van der Waals surface area (Å²) in [5, 5.41) is 5.21. The Morgan fingerprint density at radius 2 is 1.76 bits per heavy atom. The molecule has 0 aliphatic carbocycles. The summed E-state index contributed by atoms with van der Waals surface area (Å²) in [6.07, 6.45) is 0. The predicted octanol–water partition coefficient (Wildman–Crippen LogP) is 6.19. The van der Waals surface area contributed by atoms with Gasteiger partial charge in [0.05, 0.1) is 20.8 Å². The van der Waals surface area contributed by atoms with E-state index in [0.717, 1.165) is 44.7 Å². The minimum atomic E-state index is -0.100. The third-order valence-electron chi connectivity index (χ3n) is 5.06. The molecule has 2 heterocycles. The summed E-state index contributed by atoms with van der Waals surface area (Å²) in [5.74, 6) is 0.805. The molecule has 0 radical (unpaired) electrons. The van der Waals surface area contributed by atoms with Crippen LogP contribution in [0.15, 0.2) is 78.9 Å². The molecule has 3 aromatic carbocycles. The highest BCUT2D eigenvalue weighted by molar-refractivity contribution is 7.17. The van der Waals surface area contributed by atoms with Crippen molar-refractivity contribution in [1.82, 2.24) is 9.55 Å². The third-order valence-corrected chi connectivity index (χ3v) is 6.14. The molecule has 0 spiro atoms. The second-order valence-electron chi connectivity index (χ2n) is 6.81. The summed E-state index contributed by atoms with van der Waals surface area (Å²) in [5.41, 5.74) is 2.91. The van der Waals surface area contributed by atoms with Crippen LogP contribution in [0.3, 0.4) is 0 Å². The minimum absolute atomic E-state index is 0.100. The number of imidazole rings is 1. The maximum atomic E-state index is 12.9. The lowest BCUT2D eigenvalue weighted by Crippen LogP contribution is -2.10. The minimum Gasteiger partial charge on any atom is -0.324 e. The van der Waals surface area contributed by atoms with E-state index >= 15 is 0 Å². The molecule has 142 valence electrons. The number of carbonyl (C=O) groups is 1. The first-order chi connectivity index (χ1) is 14.2. The van der Waals surface area contributed by atoms with Gasteiger partial charge < -0.3 is 9.88 Å². The van der Waals surface area contributed by atoms with E-state index in [1.165, 1.54) is 11.3 Å². The normalized spacial score (nSPS) is 11.2. The maximum Gasteiger partial charge on any atom is 0.265 e. The van der Waals surface area contributed by atoms with E-state index < -0.39 is 0 Å². The molecule has 4 nitrogen and oxygen atoms in total. The average Bonchev–Trinajstić information content (AvgIpc) is 3.38. The number of para-hydroxylation sites is 2. The van der Waals surface area contributed by atoms with E-state index in [1.807, 2.05) is 72.8 Å². The van der Waals surface area contributed by atoms with Gasteiger partial charge in [0.2, 0.25) is 0 Å². The Balaban J connectivity index is 1.48. The number of thiophene rings is 1. The molecule has 1 amide bonds. The van der Waals surface area contributed by atoms with Gasteiger partial charge >= 0.3 is 0 Å². The predicted molar refractivity (Wildman–Crippen MR) is 121 cm³/mol. The van der Waals surface area contributed by atoms with Crippen LogP contribution in [-0.4, -0.2) is 15.5 Å². The van der Waals surface area contributed by atoms with Crippen molar-refractivity contribution in [2.24, 2.45) is 0 Å². The molecule has 0 fully saturated rings. The molecular weight excluding hydrogens is 378 g/mol. The van der Waals surface area contributed by atoms with Crippen molar-refractivity contribution in [3.05, 3.63) is 83.7 Å². The van der Waals surface area contributed by atoms with Crippen molar-refractivity contribution in [2.75, 3.05) is 5.32 Å². The Hall–Kier alpha value is -3.44. The number of rotatable bonds is 4. The lowest BCUT2D eigenvalue weighted by molar-refractivity contribution is 0.103. The highest BCUT2D eigenvalue weighted by Crippen LogP contribution is 2.31. The van der Waals surface area contributed by atoms with E-state index in [-0.39, 0.29) is 5.91 Å². The maximum absolute atomic E-state index is 12.9. The van der Waals surface area contributed by atoms with Crippen molar-refractivity contribution in [1.29, 1.82) is 0 Å². The Morgan fingerprint density at radius 1 is 0.966 bits per heavy atom. The molecule has 0 saturated carbocycles. The molecular formula is C24H19N3OS. The number of fused-ring (bicyclic) bond motifs is 2. The summed E-state index contributed by atoms with van der Waals surface area (Å²) >= 11 is 1.47. The van der Waals surface area contributed by atoms with Gasteiger partial charge in [-0.1, -0.05) is 48.5 Å². The molecule has 2 aromatic heterocycles. The monoisotopic (exact) mass is 397 g/mol. The highest BCUT2D eigenvalue weighted by Gasteiger charge is 2.16. The van der Waals surface area contributed by atoms with Gasteiger partial charge in [0.25, 0.3) is 5.91 Å². The van der Waals surface area contributed by atoms with Gasteiger partial charge in [0.1, 0.15) is 0 Å². The van der Waals surface area contributed by atoms with E-state index in [1.54, 1.807) is 0 Å². The zero-order valence-corrected chi connectivity index (χ0v) is 16.7. The van der Waals surface area contributed by atoms with Gasteiger partial charge in [-0.15, -0.1) is 11.3 Å². The fraction of sp³-hybridized carbons (Fsp3) is 0.0833. The molecule has 0 bridgehead atoms. The molecule has 0 saturated heterocycles. The molecule has 0 atom stereocenters. The third kappa shape index (κ3) is 3.09. The van der Waals surface area contributed by atoms with Crippen LogP contribution in [0.2, 0.25) is 0 Å². The molecule has 5 aromatic rings. The Kier molecular flexibility index (Phi) is 4.37. The number of aryl methyl sites for hydroxylation is 1. The number of aromatic nitrogens is 2. The lowest BCUT2D eigenvalue weighted by atomic mass is 10.1. The van der Waals surface area contributed by atoms with Crippen LogP contribution in [0.1, 0.15) is 16.6 Å². The van der Waals surface area contributed by atoms with Crippen LogP contribution in [0, 0.1) is 0 Å². The van der Waals surface area contributed by atoms with Crippen molar-refractivity contribution in [2.45, 2.75) is 13.5 Å². The smallest absolute Gasteiger partial charge is 0.265 e. The summed E-state index contributed by atoms with van der Waals surface area (Å²) in [7, 11) is 0. The van der Waals surface area contributed by atoms with Crippen LogP contribution < -0.4 is 5.32 Å². The average molecular weight is 398 g/mol. The number of nitrogens with one attached hydrogen (secondary N) is 1. The van der Waals surface area contributed by atoms with Gasteiger partial charge in [0, 0.05) is 17.6 Å². The van der Waals surface area contributed by atoms with Gasteiger partial charge in [-0.05, 0) is 42.6 Å². The number of anilines is 1.